The van der Waals surface area contributed by atoms with Crippen LogP contribution >= 0.6 is 0 Å². The molecule has 0 radical (unpaired) electrons. The van der Waals surface area contributed by atoms with Crippen molar-refractivity contribution in [2.45, 2.75) is 26.7 Å². The number of carbonyl (C=O) groups is 3. The summed E-state index contributed by atoms with van der Waals surface area (Å²) in [5.41, 5.74) is 5.71. The Morgan fingerprint density at radius 3 is 2.35 bits per heavy atom. The van der Waals surface area contributed by atoms with Gasteiger partial charge in [0.15, 0.2) is 17.2 Å². The molecule has 1 heterocycles. The van der Waals surface area contributed by atoms with Gasteiger partial charge in [-0.3, -0.25) is 4.79 Å². The van der Waals surface area contributed by atoms with Crippen molar-refractivity contribution in [2.24, 2.45) is 0 Å². The van der Waals surface area contributed by atoms with Gasteiger partial charge in [-0.1, -0.05) is 0 Å². The fourth-order valence-corrected chi connectivity index (χ4v) is 2.55. The smallest absolute Gasteiger partial charge is 0.493 e. The second kappa shape index (κ2) is 10.1. The molecule has 13 heteroatoms. The van der Waals surface area contributed by atoms with E-state index in [9.17, 15) is 14.4 Å². The molecular formula is C18H22N4O9. The Morgan fingerprint density at radius 1 is 1.13 bits per heavy atom. The lowest BCUT2D eigenvalue weighted by molar-refractivity contribution is 0.0286. The number of methoxy groups -OCH3 is 2. The number of anilines is 1. The van der Waals surface area contributed by atoms with Crippen molar-refractivity contribution in [3.63, 3.8) is 0 Å². The lowest BCUT2D eigenvalue weighted by atomic mass is 10.0. The minimum atomic E-state index is -1.58. The normalized spacial score (nSPS) is 11.4. The van der Waals surface area contributed by atoms with Gasteiger partial charge >= 0.3 is 12.3 Å². The van der Waals surface area contributed by atoms with E-state index in [2.05, 4.69) is 14.9 Å². The van der Waals surface area contributed by atoms with Gasteiger partial charge in [0.05, 0.1) is 26.4 Å². The van der Waals surface area contributed by atoms with E-state index in [0.29, 0.717) is 5.75 Å². The third-order valence-electron chi connectivity index (χ3n) is 3.92. The summed E-state index contributed by atoms with van der Waals surface area (Å²) in [4.78, 5) is 36.4. The summed E-state index contributed by atoms with van der Waals surface area (Å²) < 4.78 is 24.5. The van der Waals surface area contributed by atoms with Gasteiger partial charge in [-0.15, -0.1) is 9.90 Å². The highest BCUT2D eigenvalue weighted by atomic mass is 16.7. The van der Waals surface area contributed by atoms with Gasteiger partial charge in [-0.05, 0) is 19.9 Å². The maximum Gasteiger partial charge on any atom is 0.510 e. The lowest BCUT2D eigenvalue weighted by Crippen LogP contribution is -2.14. The van der Waals surface area contributed by atoms with Crippen LogP contribution in [0.25, 0.3) is 0 Å². The molecule has 1 atom stereocenters. The summed E-state index contributed by atoms with van der Waals surface area (Å²) in [6.45, 7) is 2.58. The largest absolute Gasteiger partial charge is 0.510 e. The van der Waals surface area contributed by atoms with Crippen molar-refractivity contribution >= 4 is 23.8 Å². The SMILES string of the molecule is CCOC(=O)OCn1nc(C(=O)c2cc(OC)c(OC)cc2N)c(C(C)OC(=O)O)n1. The average molecular weight is 438 g/mol. The maximum atomic E-state index is 13.2. The molecule has 0 aliphatic carbocycles. The number of benzene rings is 1. The Bertz CT molecular complexity index is 973. The number of aromatic nitrogens is 3. The summed E-state index contributed by atoms with van der Waals surface area (Å²) in [5.74, 6) is -0.128. The topological polar surface area (TPSA) is 174 Å². The first kappa shape index (κ1) is 23.3. The van der Waals surface area contributed by atoms with E-state index >= 15 is 0 Å². The van der Waals surface area contributed by atoms with Crippen LogP contribution in [0.3, 0.4) is 0 Å². The number of nitrogen functional groups attached to an aromatic ring is 1. The molecule has 0 fully saturated rings. The number of rotatable bonds is 9. The highest BCUT2D eigenvalue weighted by molar-refractivity contribution is 6.12. The molecule has 13 nitrogen and oxygen atoms in total. The van der Waals surface area contributed by atoms with Gasteiger partial charge < -0.3 is 34.5 Å². The number of nitrogens with zero attached hydrogens (tertiary/aromatic N) is 3. The Kier molecular flexibility index (Phi) is 7.60. The van der Waals surface area contributed by atoms with E-state index in [1.165, 1.54) is 33.3 Å². The summed E-state index contributed by atoms with van der Waals surface area (Å²) in [7, 11) is 2.80. The van der Waals surface area contributed by atoms with Crippen LogP contribution in [-0.2, 0) is 20.9 Å². The monoisotopic (exact) mass is 438 g/mol. The molecule has 2 aromatic rings. The molecule has 0 spiro atoms. The zero-order valence-electron chi connectivity index (χ0n) is 17.3. The summed E-state index contributed by atoms with van der Waals surface area (Å²) in [6.07, 6.45) is -3.70. The molecule has 0 saturated carbocycles. The maximum absolute atomic E-state index is 13.2. The van der Waals surface area contributed by atoms with Crippen molar-refractivity contribution in [2.75, 3.05) is 26.6 Å². The zero-order chi connectivity index (χ0) is 23.1. The fourth-order valence-electron chi connectivity index (χ4n) is 2.55. The molecular weight excluding hydrogens is 416 g/mol. The van der Waals surface area contributed by atoms with Gasteiger partial charge in [-0.2, -0.15) is 5.10 Å². The first-order chi connectivity index (χ1) is 14.7. The number of carboxylic acid groups (broad SMARTS) is 1. The van der Waals surface area contributed by atoms with Gasteiger partial charge in [0.1, 0.15) is 11.8 Å². The second-order valence-electron chi connectivity index (χ2n) is 5.91. The fraction of sp³-hybridized carbons (Fsp3) is 0.389. The van der Waals surface area contributed by atoms with E-state index in [0.717, 1.165) is 4.80 Å². The molecule has 1 unspecified atom stereocenters. The zero-order valence-corrected chi connectivity index (χ0v) is 17.3. The van der Waals surface area contributed by atoms with Crippen LogP contribution in [0.2, 0.25) is 0 Å². The highest BCUT2D eigenvalue weighted by Crippen LogP contribution is 2.33. The van der Waals surface area contributed by atoms with E-state index in [4.69, 9.17) is 29.8 Å². The van der Waals surface area contributed by atoms with Crippen LogP contribution in [0.5, 0.6) is 11.5 Å². The first-order valence-electron chi connectivity index (χ1n) is 8.92. The van der Waals surface area contributed by atoms with Crippen molar-refractivity contribution in [3.05, 3.63) is 29.1 Å². The van der Waals surface area contributed by atoms with Crippen LogP contribution in [-0.4, -0.2) is 59.0 Å². The van der Waals surface area contributed by atoms with E-state index < -0.39 is 30.9 Å². The standard InChI is InChI=1S/C18H22N4O9/c1-5-29-18(26)30-8-22-20-14(9(2)31-17(24)25)15(21-22)16(23)10-6-12(27-3)13(28-4)7-11(10)19/h6-7,9H,5,8,19H2,1-4H3,(H,24,25). The molecule has 0 amide bonds. The number of ketones is 1. The summed E-state index contributed by atoms with van der Waals surface area (Å²) in [5, 5.41) is 16.9. The molecule has 1 aromatic carbocycles. The minimum Gasteiger partial charge on any atom is -0.493 e. The Balaban J connectivity index is 2.46. The van der Waals surface area contributed by atoms with E-state index in [-0.39, 0.29) is 35.0 Å². The molecule has 31 heavy (non-hydrogen) atoms. The van der Waals surface area contributed by atoms with Crippen molar-refractivity contribution in [1.82, 2.24) is 15.0 Å². The summed E-state index contributed by atoms with van der Waals surface area (Å²) in [6, 6.07) is 2.76. The van der Waals surface area contributed by atoms with Gasteiger partial charge in [0, 0.05) is 11.8 Å². The van der Waals surface area contributed by atoms with Gasteiger partial charge in [0.25, 0.3) is 0 Å². The van der Waals surface area contributed by atoms with Crippen LogP contribution in [0.4, 0.5) is 15.3 Å². The Hall–Kier alpha value is -4.03. The lowest BCUT2D eigenvalue weighted by Gasteiger charge is -2.12. The number of carbonyl (C=O) groups excluding carboxylic acids is 2. The quantitative estimate of drug-likeness (QED) is 0.331. The Morgan fingerprint density at radius 2 is 1.77 bits per heavy atom. The third kappa shape index (κ3) is 5.52. The van der Waals surface area contributed by atoms with Crippen LogP contribution in [0.15, 0.2) is 12.1 Å². The predicted molar refractivity (Wildman–Crippen MR) is 103 cm³/mol. The molecule has 1 aromatic heterocycles. The van der Waals surface area contributed by atoms with Gasteiger partial charge in [0.2, 0.25) is 12.5 Å². The highest BCUT2D eigenvalue weighted by Gasteiger charge is 2.28. The average Bonchev–Trinajstić information content (AvgIpc) is 3.15. The molecule has 2 rings (SSSR count). The molecule has 0 aliphatic heterocycles. The van der Waals surface area contributed by atoms with Crippen LogP contribution in [0, 0.1) is 0 Å². The molecule has 0 saturated heterocycles. The summed E-state index contributed by atoms with van der Waals surface area (Å²) >= 11 is 0. The molecule has 0 aliphatic rings. The first-order valence-corrected chi connectivity index (χ1v) is 8.92. The van der Waals surface area contributed by atoms with Crippen molar-refractivity contribution in [1.29, 1.82) is 0 Å². The van der Waals surface area contributed by atoms with E-state index in [1.807, 2.05) is 0 Å². The van der Waals surface area contributed by atoms with E-state index in [1.54, 1.807) is 6.92 Å². The predicted octanol–water partition coefficient (Wildman–Crippen LogP) is 1.99. The second-order valence-corrected chi connectivity index (χ2v) is 5.91. The molecule has 168 valence electrons. The third-order valence-corrected chi connectivity index (χ3v) is 3.92. The minimum absolute atomic E-state index is 0.0137. The number of hydrogen-bond acceptors (Lipinski definition) is 11. The van der Waals surface area contributed by atoms with Crippen molar-refractivity contribution < 1.29 is 43.2 Å². The number of ether oxygens (including phenoxy) is 5. The van der Waals surface area contributed by atoms with Crippen molar-refractivity contribution in [3.8, 4) is 11.5 Å². The van der Waals surface area contributed by atoms with Crippen LogP contribution in [0.1, 0.15) is 41.7 Å². The van der Waals surface area contributed by atoms with Crippen LogP contribution < -0.4 is 15.2 Å². The number of hydrogen-bond donors (Lipinski definition) is 2. The Labute approximate surface area is 176 Å². The molecule has 3 N–H and O–H groups in total. The van der Waals surface area contributed by atoms with Gasteiger partial charge in [-0.25, -0.2) is 9.59 Å². The number of nitrogens with two attached hydrogens (primary N) is 1. The molecule has 0 bridgehead atoms.